The van der Waals surface area contributed by atoms with E-state index in [0.29, 0.717) is 5.69 Å². The van der Waals surface area contributed by atoms with Crippen molar-refractivity contribution in [2.24, 2.45) is 5.92 Å². The van der Waals surface area contributed by atoms with Crippen molar-refractivity contribution >= 4 is 11.8 Å². The van der Waals surface area contributed by atoms with Gasteiger partial charge >= 0.3 is 0 Å². The van der Waals surface area contributed by atoms with Gasteiger partial charge in [0.1, 0.15) is 5.69 Å². The van der Waals surface area contributed by atoms with E-state index in [4.69, 9.17) is 0 Å². The molecule has 1 aromatic rings. The van der Waals surface area contributed by atoms with E-state index in [1.165, 1.54) is 12.8 Å². The molecule has 3 heterocycles. The molecule has 0 radical (unpaired) electrons. The number of carbonyl (C=O) groups is 2. The number of H-pyrrole nitrogens is 1. The number of carbonyl (C=O) groups excluding carboxylic acids is 2. The summed E-state index contributed by atoms with van der Waals surface area (Å²) in [4.78, 5) is 30.1. The second-order valence-electron chi connectivity index (χ2n) is 8.78. The molecule has 1 atom stereocenters. The lowest BCUT2D eigenvalue weighted by Gasteiger charge is -2.39. The number of hydrogen-bond acceptors (Lipinski definition) is 4. The molecule has 1 saturated carbocycles. The molecule has 1 unspecified atom stereocenters. The Labute approximate surface area is 167 Å². The predicted molar refractivity (Wildman–Crippen MR) is 107 cm³/mol. The van der Waals surface area contributed by atoms with Crippen molar-refractivity contribution < 1.29 is 9.59 Å². The Balaban J connectivity index is 1.43. The first-order valence-electron chi connectivity index (χ1n) is 11.0. The fourth-order valence-corrected chi connectivity index (χ4v) is 4.96. The Morgan fingerprint density at radius 2 is 1.75 bits per heavy atom. The van der Waals surface area contributed by atoms with E-state index in [2.05, 4.69) is 27.5 Å². The normalized spacial score (nSPS) is 25.2. The van der Waals surface area contributed by atoms with Crippen LogP contribution in [0.3, 0.4) is 0 Å². The first-order chi connectivity index (χ1) is 13.6. The molecule has 7 nitrogen and oxygen atoms in total. The third-order valence-electron chi connectivity index (χ3n) is 6.73. The molecular formula is C21H33N5O2. The van der Waals surface area contributed by atoms with Crippen molar-refractivity contribution in [3.8, 4) is 0 Å². The molecule has 2 N–H and O–H groups in total. The molecule has 2 saturated heterocycles. The summed E-state index contributed by atoms with van der Waals surface area (Å²) in [6.45, 7) is 2.79. The van der Waals surface area contributed by atoms with Crippen LogP contribution >= 0.6 is 0 Å². The van der Waals surface area contributed by atoms with Gasteiger partial charge in [-0.2, -0.15) is 5.10 Å². The lowest BCUT2D eigenvalue weighted by molar-refractivity contribution is -0.141. The molecule has 154 valence electrons. The van der Waals surface area contributed by atoms with Crippen LogP contribution in [0.25, 0.3) is 0 Å². The van der Waals surface area contributed by atoms with Gasteiger partial charge in [0.15, 0.2) is 0 Å². The summed E-state index contributed by atoms with van der Waals surface area (Å²) in [5.41, 5.74) is 1.34. The van der Waals surface area contributed by atoms with E-state index in [9.17, 15) is 9.59 Å². The van der Waals surface area contributed by atoms with E-state index >= 15 is 0 Å². The maximum absolute atomic E-state index is 13.2. The van der Waals surface area contributed by atoms with Gasteiger partial charge in [-0.05, 0) is 71.1 Å². The van der Waals surface area contributed by atoms with E-state index < -0.39 is 0 Å². The Morgan fingerprint density at radius 1 is 1.04 bits per heavy atom. The molecule has 0 aromatic carbocycles. The summed E-state index contributed by atoms with van der Waals surface area (Å²) in [6.07, 6.45) is 9.47. The number of amides is 2. The number of hydrogen-bond donors (Lipinski definition) is 2. The zero-order valence-corrected chi connectivity index (χ0v) is 17.0. The highest BCUT2D eigenvalue weighted by atomic mass is 16.2. The molecule has 2 amide bonds. The highest BCUT2D eigenvalue weighted by Crippen LogP contribution is 2.33. The first kappa shape index (κ1) is 19.4. The summed E-state index contributed by atoms with van der Waals surface area (Å²) in [5, 5.41) is 10.4. The van der Waals surface area contributed by atoms with Crippen molar-refractivity contribution in [1.29, 1.82) is 0 Å². The van der Waals surface area contributed by atoms with Crippen molar-refractivity contribution in [1.82, 2.24) is 25.3 Å². The van der Waals surface area contributed by atoms with Crippen LogP contribution < -0.4 is 5.32 Å². The van der Waals surface area contributed by atoms with E-state index in [1.54, 1.807) is 0 Å². The molecule has 3 aliphatic rings. The van der Waals surface area contributed by atoms with Crippen LogP contribution in [-0.2, 0) is 4.79 Å². The Hall–Kier alpha value is -1.89. The Kier molecular flexibility index (Phi) is 5.99. The van der Waals surface area contributed by atoms with Crippen molar-refractivity contribution in [2.45, 2.75) is 69.9 Å². The van der Waals surface area contributed by atoms with Gasteiger partial charge in [-0.1, -0.05) is 12.8 Å². The van der Waals surface area contributed by atoms with Crippen LogP contribution in [0.2, 0.25) is 0 Å². The van der Waals surface area contributed by atoms with Gasteiger partial charge in [0.05, 0.1) is 11.7 Å². The quantitative estimate of drug-likeness (QED) is 0.832. The van der Waals surface area contributed by atoms with Gasteiger partial charge in [0, 0.05) is 18.5 Å². The number of rotatable bonds is 4. The van der Waals surface area contributed by atoms with Gasteiger partial charge in [-0.15, -0.1) is 0 Å². The summed E-state index contributed by atoms with van der Waals surface area (Å²) in [7, 11) is 2.12. The summed E-state index contributed by atoms with van der Waals surface area (Å²) < 4.78 is 0. The van der Waals surface area contributed by atoms with Gasteiger partial charge in [0.25, 0.3) is 5.91 Å². The minimum Gasteiger partial charge on any atom is -0.348 e. The van der Waals surface area contributed by atoms with Crippen LogP contribution in [0.1, 0.15) is 80.0 Å². The SMILES string of the molecule is CN1CCC(C(=O)N2CCCCC2c2cc(C(=O)NC3CCCC3)n[nH]2)CC1. The topological polar surface area (TPSA) is 81.3 Å². The van der Waals surface area contributed by atoms with Crippen LogP contribution in [0.4, 0.5) is 0 Å². The van der Waals surface area contributed by atoms with Gasteiger partial charge in [-0.25, -0.2) is 0 Å². The highest BCUT2D eigenvalue weighted by molar-refractivity contribution is 5.92. The van der Waals surface area contributed by atoms with Crippen molar-refractivity contribution in [3.63, 3.8) is 0 Å². The average Bonchev–Trinajstić information content (AvgIpc) is 3.40. The Morgan fingerprint density at radius 3 is 2.50 bits per heavy atom. The van der Waals surface area contributed by atoms with Gasteiger partial charge < -0.3 is 15.1 Å². The lowest BCUT2D eigenvalue weighted by Crippen LogP contribution is -2.45. The fraction of sp³-hybridized carbons (Fsp3) is 0.762. The number of aromatic amines is 1. The molecule has 28 heavy (non-hydrogen) atoms. The predicted octanol–water partition coefficient (Wildman–Crippen LogP) is 2.48. The minimum atomic E-state index is -0.0987. The lowest BCUT2D eigenvalue weighted by atomic mass is 9.92. The average molecular weight is 388 g/mol. The van der Waals surface area contributed by atoms with E-state index in [-0.39, 0.29) is 29.8 Å². The van der Waals surface area contributed by atoms with Gasteiger partial charge in [-0.3, -0.25) is 14.7 Å². The molecule has 0 bridgehead atoms. The summed E-state index contributed by atoms with van der Waals surface area (Å²) in [5.74, 6) is 0.313. The van der Waals surface area contributed by atoms with Gasteiger partial charge in [0.2, 0.25) is 5.91 Å². The second-order valence-corrected chi connectivity index (χ2v) is 8.78. The zero-order valence-electron chi connectivity index (χ0n) is 17.0. The number of nitrogens with one attached hydrogen (secondary N) is 2. The van der Waals surface area contributed by atoms with Crippen LogP contribution in [-0.4, -0.2) is 64.5 Å². The molecule has 1 aromatic heterocycles. The first-order valence-corrected chi connectivity index (χ1v) is 11.0. The third kappa shape index (κ3) is 4.24. The molecule has 3 fully saturated rings. The zero-order chi connectivity index (χ0) is 19.5. The molecule has 1 aliphatic carbocycles. The van der Waals surface area contributed by atoms with Crippen molar-refractivity contribution in [2.75, 3.05) is 26.7 Å². The second kappa shape index (κ2) is 8.64. The smallest absolute Gasteiger partial charge is 0.271 e. The monoisotopic (exact) mass is 387 g/mol. The maximum atomic E-state index is 13.2. The molecule has 4 rings (SSSR count). The Bertz CT molecular complexity index is 689. The number of aromatic nitrogens is 2. The fourth-order valence-electron chi connectivity index (χ4n) is 4.96. The molecule has 2 aliphatic heterocycles. The van der Waals surface area contributed by atoms with Crippen molar-refractivity contribution in [3.05, 3.63) is 17.5 Å². The standard InChI is InChI=1S/C21H33N5O2/c1-25-12-9-15(10-13-25)21(28)26-11-5-4-8-19(26)17-14-18(24-23-17)20(27)22-16-6-2-3-7-16/h14-16,19H,2-13H2,1H3,(H,22,27)(H,23,24). The molecule has 7 heteroatoms. The highest BCUT2D eigenvalue weighted by Gasteiger charge is 2.34. The number of piperidine rings is 2. The van der Waals surface area contributed by atoms with Crippen LogP contribution in [0.5, 0.6) is 0 Å². The van der Waals surface area contributed by atoms with E-state index in [1.807, 2.05) is 11.0 Å². The third-order valence-corrected chi connectivity index (χ3v) is 6.73. The number of likely N-dealkylation sites (tertiary alicyclic amines) is 2. The van der Waals surface area contributed by atoms with E-state index in [0.717, 1.165) is 70.3 Å². The number of nitrogens with zero attached hydrogens (tertiary/aromatic N) is 3. The molecule has 0 spiro atoms. The summed E-state index contributed by atoms with van der Waals surface area (Å²) >= 11 is 0. The van der Waals surface area contributed by atoms with Crippen LogP contribution in [0, 0.1) is 5.92 Å². The summed E-state index contributed by atoms with van der Waals surface area (Å²) in [6, 6.07) is 2.15. The largest absolute Gasteiger partial charge is 0.348 e. The maximum Gasteiger partial charge on any atom is 0.271 e. The minimum absolute atomic E-state index is 0.0152. The molecular weight excluding hydrogens is 354 g/mol. The van der Waals surface area contributed by atoms with Crippen LogP contribution in [0.15, 0.2) is 6.07 Å².